The van der Waals surface area contributed by atoms with Gasteiger partial charge in [0, 0.05) is 18.7 Å². The fourth-order valence-electron chi connectivity index (χ4n) is 2.69. The second-order valence-corrected chi connectivity index (χ2v) is 5.32. The number of nitrogens with zero attached hydrogens (tertiary/aromatic N) is 1. The standard InChI is InChI=1S/C15H18F3NO/c1-19(11-6-4-2-3-5-7-11)15(20)10-8-12(16)14(18)13(17)9-10/h8-9,11H,2-7H2,1H3. The third-order valence-corrected chi connectivity index (χ3v) is 3.92. The van der Waals surface area contributed by atoms with Crippen LogP contribution >= 0.6 is 0 Å². The molecule has 0 unspecified atom stereocenters. The predicted molar refractivity (Wildman–Crippen MR) is 69.9 cm³/mol. The van der Waals surface area contributed by atoms with Crippen LogP contribution in [0.5, 0.6) is 0 Å². The molecule has 1 fully saturated rings. The minimum absolute atomic E-state index is 0.0844. The average Bonchev–Trinajstić information content (AvgIpc) is 2.71. The zero-order valence-electron chi connectivity index (χ0n) is 11.5. The monoisotopic (exact) mass is 285 g/mol. The Hall–Kier alpha value is -1.52. The van der Waals surface area contributed by atoms with Crippen LogP contribution in [0.25, 0.3) is 0 Å². The molecule has 110 valence electrons. The lowest BCUT2D eigenvalue weighted by atomic mass is 10.1. The Balaban J connectivity index is 2.17. The van der Waals surface area contributed by atoms with Crippen molar-refractivity contribution >= 4 is 5.91 Å². The third kappa shape index (κ3) is 3.14. The zero-order valence-corrected chi connectivity index (χ0v) is 11.5. The first-order chi connectivity index (χ1) is 9.50. The average molecular weight is 285 g/mol. The summed E-state index contributed by atoms with van der Waals surface area (Å²) in [5.74, 6) is -4.67. The first kappa shape index (κ1) is 14.9. The molecular weight excluding hydrogens is 267 g/mol. The zero-order chi connectivity index (χ0) is 14.7. The maximum absolute atomic E-state index is 13.2. The van der Waals surface area contributed by atoms with Crippen molar-refractivity contribution in [1.29, 1.82) is 0 Å². The number of carbonyl (C=O) groups excluding carboxylic acids is 1. The number of hydrogen-bond donors (Lipinski definition) is 0. The topological polar surface area (TPSA) is 20.3 Å². The highest BCUT2D eigenvalue weighted by molar-refractivity contribution is 5.94. The van der Waals surface area contributed by atoms with Gasteiger partial charge in [-0.25, -0.2) is 13.2 Å². The maximum atomic E-state index is 13.2. The van der Waals surface area contributed by atoms with Crippen molar-refractivity contribution in [3.8, 4) is 0 Å². The molecule has 20 heavy (non-hydrogen) atoms. The van der Waals surface area contributed by atoms with Gasteiger partial charge >= 0.3 is 0 Å². The van der Waals surface area contributed by atoms with Gasteiger partial charge in [-0.15, -0.1) is 0 Å². The molecule has 0 bridgehead atoms. The van der Waals surface area contributed by atoms with Gasteiger partial charge in [-0.1, -0.05) is 25.7 Å². The summed E-state index contributed by atoms with van der Waals surface area (Å²) < 4.78 is 39.3. The van der Waals surface area contributed by atoms with Crippen LogP contribution in [-0.4, -0.2) is 23.9 Å². The van der Waals surface area contributed by atoms with Gasteiger partial charge in [0.1, 0.15) is 0 Å². The number of amides is 1. The Labute approximate surface area is 116 Å². The maximum Gasteiger partial charge on any atom is 0.254 e. The van der Waals surface area contributed by atoms with Gasteiger partial charge in [0.2, 0.25) is 0 Å². The first-order valence-corrected chi connectivity index (χ1v) is 6.92. The minimum Gasteiger partial charge on any atom is -0.339 e. The van der Waals surface area contributed by atoms with Crippen LogP contribution in [-0.2, 0) is 0 Å². The van der Waals surface area contributed by atoms with E-state index in [0.29, 0.717) is 0 Å². The fourth-order valence-corrected chi connectivity index (χ4v) is 2.69. The molecule has 2 rings (SSSR count). The molecule has 0 spiro atoms. The van der Waals surface area contributed by atoms with E-state index >= 15 is 0 Å². The molecule has 1 amide bonds. The predicted octanol–water partition coefficient (Wildman–Crippen LogP) is 3.90. The minimum atomic E-state index is -1.54. The van der Waals surface area contributed by atoms with Crippen molar-refractivity contribution in [2.24, 2.45) is 0 Å². The fraction of sp³-hybridized carbons (Fsp3) is 0.533. The lowest BCUT2D eigenvalue weighted by Gasteiger charge is -2.27. The van der Waals surface area contributed by atoms with Gasteiger partial charge in [0.05, 0.1) is 0 Å². The van der Waals surface area contributed by atoms with E-state index in [1.54, 1.807) is 7.05 Å². The Morgan fingerprint density at radius 2 is 1.55 bits per heavy atom. The molecule has 1 saturated carbocycles. The largest absolute Gasteiger partial charge is 0.339 e. The molecule has 5 heteroatoms. The van der Waals surface area contributed by atoms with Crippen molar-refractivity contribution < 1.29 is 18.0 Å². The summed E-state index contributed by atoms with van der Waals surface area (Å²) in [6.07, 6.45) is 6.20. The molecule has 0 aromatic heterocycles. The molecule has 2 nitrogen and oxygen atoms in total. The molecule has 1 aromatic rings. The molecule has 1 aliphatic rings. The number of hydrogen-bond acceptors (Lipinski definition) is 1. The van der Waals surface area contributed by atoms with E-state index in [0.717, 1.165) is 50.7 Å². The van der Waals surface area contributed by atoms with Gasteiger partial charge in [0.15, 0.2) is 17.5 Å². The molecule has 1 aliphatic carbocycles. The SMILES string of the molecule is CN(C(=O)c1cc(F)c(F)c(F)c1)C1CCCCCC1. The Morgan fingerprint density at radius 3 is 2.05 bits per heavy atom. The summed E-state index contributed by atoms with van der Waals surface area (Å²) in [5.41, 5.74) is -0.145. The first-order valence-electron chi connectivity index (χ1n) is 6.92. The molecule has 0 saturated heterocycles. The lowest BCUT2D eigenvalue weighted by Crippen LogP contribution is -2.36. The van der Waals surface area contributed by atoms with E-state index < -0.39 is 23.4 Å². The summed E-state index contributed by atoms with van der Waals surface area (Å²) in [4.78, 5) is 13.8. The summed E-state index contributed by atoms with van der Waals surface area (Å²) in [6.45, 7) is 0. The summed E-state index contributed by atoms with van der Waals surface area (Å²) in [5, 5.41) is 0. The number of benzene rings is 1. The highest BCUT2D eigenvalue weighted by Crippen LogP contribution is 2.23. The number of rotatable bonds is 2. The Morgan fingerprint density at radius 1 is 1.05 bits per heavy atom. The van der Waals surface area contributed by atoms with E-state index in [-0.39, 0.29) is 11.6 Å². The van der Waals surface area contributed by atoms with Crippen LogP contribution in [0.2, 0.25) is 0 Å². The molecule has 0 atom stereocenters. The highest BCUT2D eigenvalue weighted by Gasteiger charge is 2.24. The quantitative estimate of drug-likeness (QED) is 0.596. The van der Waals surface area contributed by atoms with Crippen LogP contribution in [0.4, 0.5) is 13.2 Å². The number of carbonyl (C=O) groups is 1. The Bertz CT molecular complexity index is 473. The number of halogens is 3. The molecule has 0 N–H and O–H groups in total. The van der Waals surface area contributed by atoms with E-state index in [2.05, 4.69) is 0 Å². The van der Waals surface area contributed by atoms with Gasteiger partial charge in [-0.05, 0) is 25.0 Å². The van der Waals surface area contributed by atoms with Crippen molar-refractivity contribution in [1.82, 2.24) is 4.90 Å². The van der Waals surface area contributed by atoms with Crippen molar-refractivity contribution in [2.75, 3.05) is 7.05 Å². The lowest BCUT2D eigenvalue weighted by molar-refractivity contribution is 0.0716. The smallest absolute Gasteiger partial charge is 0.254 e. The van der Waals surface area contributed by atoms with Gasteiger partial charge in [-0.2, -0.15) is 0 Å². The van der Waals surface area contributed by atoms with Gasteiger partial charge in [-0.3, -0.25) is 4.79 Å². The van der Waals surface area contributed by atoms with Crippen LogP contribution < -0.4 is 0 Å². The van der Waals surface area contributed by atoms with Crippen molar-refractivity contribution in [3.05, 3.63) is 35.1 Å². The van der Waals surface area contributed by atoms with E-state index in [4.69, 9.17) is 0 Å². The van der Waals surface area contributed by atoms with E-state index in [9.17, 15) is 18.0 Å². The molecule has 0 radical (unpaired) electrons. The van der Waals surface area contributed by atoms with Crippen molar-refractivity contribution in [2.45, 2.75) is 44.6 Å². The van der Waals surface area contributed by atoms with Crippen LogP contribution in [0.15, 0.2) is 12.1 Å². The Kier molecular flexibility index (Phi) is 4.68. The summed E-state index contributed by atoms with van der Waals surface area (Å²) >= 11 is 0. The second kappa shape index (κ2) is 6.29. The molecule has 1 aromatic carbocycles. The summed E-state index contributed by atoms with van der Waals surface area (Å²) in [7, 11) is 1.64. The van der Waals surface area contributed by atoms with Crippen LogP contribution in [0, 0.1) is 17.5 Å². The third-order valence-electron chi connectivity index (χ3n) is 3.92. The van der Waals surface area contributed by atoms with E-state index in [1.807, 2.05) is 0 Å². The van der Waals surface area contributed by atoms with Crippen LogP contribution in [0.3, 0.4) is 0 Å². The van der Waals surface area contributed by atoms with Gasteiger partial charge < -0.3 is 4.90 Å². The molecule has 0 aliphatic heterocycles. The molecular formula is C15H18F3NO. The highest BCUT2D eigenvalue weighted by atomic mass is 19.2. The second-order valence-electron chi connectivity index (χ2n) is 5.32. The van der Waals surface area contributed by atoms with Crippen LogP contribution in [0.1, 0.15) is 48.9 Å². The summed E-state index contributed by atoms with van der Waals surface area (Å²) in [6, 6.07) is 1.60. The van der Waals surface area contributed by atoms with E-state index in [1.165, 1.54) is 4.90 Å². The molecule has 0 heterocycles. The normalized spacial score (nSPS) is 16.8. The van der Waals surface area contributed by atoms with Crippen molar-refractivity contribution in [3.63, 3.8) is 0 Å². The van der Waals surface area contributed by atoms with Gasteiger partial charge in [0.25, 0.3) is 5.91 Å².